The lowest BCUT2D eigenvalue weighted by molar-refractivity contribution is 0.0929. The van der Waals surface area contributed by atoms with Crippen LogP contribution in [0.1, 0.15) is 64.5 Å². The van der Waals surface area contributed by atoms with E-state index >= 15 is 0 Å². The number of pyridine rings is 2. The molecule has 0 aliphatic heterocycles. The number of hydrogen-bond donors (Lipinski definition) is 1. The molecule has 1 saturated carbocycles. The number of rotatable bonds is 4. The average molecular weight is 405 g/mol. The fourth-order valence-corrected chi connectivity index (χ4v) is 4.35. The van der Waals surface area contributed by atoms with Gasteiger partial charge in [0.25, 0.3) is 5.91 Å². The molecular formula is C24H21F2N3O. The van der Waals surface area contributed by atoms with Crippen LogP contribution in [0, 0.1) is 11.6 Å². The number of hydrogen-bond acceptors (Lipinski definition) is 3. The molecule has 0 unspecified atom stereocenters. The van der Waals surface area contributed by atoms with Crippen molar-refractivity contribution in [3.8, 4) is 0 Å². The number of nitrogens with one attached hydrogen (secondary N) is 1. The summed E-state index contributed by atoms with van der Waals surface area (Å²) in [5, 5.41) is 3.09. The molecule has 1 N–H and O–H groups in total. The minimum absolute atomic E-state index is 0.0856. The minimum Gasteiger partial charge on any atom is -0.341 e. The van der Waals surface area contributed by atoms with Gasteiger partial charge >= 0.3 is 0 Å². The van der Waals surface area contributed by atoms with Gasteiger partial charge in [0.05, 0.1) is 17.4 Å². The van der Waals surface area contributed by atoms with Crippen molar-refractivity contribution in [3.63, 3.8) is 0 Å². The molecule has 1 aromatic carbocycles. The van der Waals surface area contributed by atoms with Gasteiger partial charge in [-0.1, -0.05) is 6.07 Å². The molecule has 2 aromatic heterocycles. The topological polar surface area (TPSA) is 54.9 Å². The second-order valence-electron chi connectivity index (χ2n) is 8.16. The lowest BCUT2D eigenvalue weighted by Crippen LogP contribution is -2.36. The maximum absolute atomic E-state index is 13.7. The van der Waals surface area contributed by atoms with E-state index in [1.54, 1.807) is 12.3 Å². The number of halogens is 2. The van der Waals surface area contributed by atoms with Crippen molar-refractivity contribution >= 4 is 5.91 Å². The molecule has 1 fully saturated rings. The predicted molar refractivity (Wildman–Crippen MR) is 108 cm³/mol. The zero-order chi connectivity index (χ0) is 20.7. The number of benzene rings is 1. The Balaban J connectivity index is 1.41. The number of nitrogens with zero attached hydrogens (tertiary/aromatic N) is 2. The standard InChI is InChI=1S/C24H21F2N3O/c25-17-6-4-15(5-7-17)23(30)29-24(10-11-24)22-9-8-20-19(2-1-3-21(20)28-22)16-12-18(26)14-27-13-16/h4-9,12-14,19H,1-3,10-11H2,(H,29,30)/t19-/m1/s1. The van der Waals surface area contributed by atoms with E-state index in [1.165, 1.54) is 30.5 Å². The van der Waals surface area contributed by atoms with Crippen molar-refractivity contribution in [2.45, 2.75) is 43.6 Å². The molecule has 4 nitrogen and oxygen atoms in total. The van der Waals surface area contributed by atoms with E-state index in [4.69, 9.17) is 4.98 Å². The zero-order valence-corrected chi connectivity index (χ0v) is 16.4. The van der Waals surface area contributed by atoms with Gasteiger partial charge < -0.3 is 5.32 Å². The van der Waals surface area contributed by atoms with Crippen molar-refractivity contribution in [2.24, 2.45) is 0 Å². The summed E-state index contributed by atoms with van der Waals surface area (Å²) in [5.41, 5.74) is 3.81. The van der Waals surface area contributed by atoms with E-state index in [9.17, 15) is 13.6 Å². The third kappa shape index (κ3) is 3.47. The van der Waals surface area contributed by atoms with Crippen molar-refractivity contribution < 1.29 is 13.6 Å². The molecule has 5 rings (SSSR count). The van der Waals surface area contributed by atoms with Gasteiger partial charge in [-0.05, 0) is 79.6 Å². The van der Waals surface area contributed by atoms with Crippen molar-refractivity contribution in [3.05, 3.63) is 94.6 Å². The molecule has 0 saturated heterocycles. The van der Waals surface area contributed by atoms with Gasteiger partial charge in [0.15, 0.2) is 0 Å². The van der Waals surface area contributed by atoms with Gasteiger partial charge in [-0.15, -0.1) is 0 Å². The van der Waals surface area contributed by atoms with Crippen LogP contribution in [0.5, 0.6) is 0 Å². The highest BCUT2D eigenvalue weighted by molar-refractivity contribution is 5.95. The molecule has 1 amide bonds. The summed E-state index contributed by atoms with van der Waals surface area (Å²) in [7, 11) is 0. The van der Waals surface area contributed by atoms with E-state index < -0.39 is 5.54 Å². The van der Waals surface area contributed by atoms with Crippen LogP contribution in [0.15, 0.2) is 54.9 Å². The van der Waals surface area contributed by atoms with Gasteiger partial charge in [-0.25, -0.2) is 8.78 Å². The van der Waals surface area contributed by atoms with Crippen molar-refractivity contribution in [1.29, 1.82) is 0 Å². The summed E-state index contributed by atoms with van der Waals surface area (Å²) in [6.07, 6.45) is 7.36. The van der Waals surface area contributed by atoms with Crippen LogP contribution in [0.4, 0.5) is 8.78 Å². The Kier molecular flexibility index (Phi) is 4.57. The monoisotopic (exact) mass is 405 g/mol. The van der Waals surface area contributed by atoms with Crippen LogP contribution in [-0.4, -0.2) is 15.9 Å². The molecule has 2 heterocycles. The van der Waals surface area contributed by atoms with Gasteiger partial charge in [0, 0.05) is 23.4 Å². The van der Waals surface area contributed by atoms with E-state index in [2.05, 4.69) is 16.4 Å². The first kappa shape index (κ1) is 18.9. The van der Waals surface area contributed by atoms with E-state index in [1.807, 2.05) is 6.07 Å². The Morgan fingerprint density at radius 3 is 2.57 bits per heavy atom. The Hall–Kier alpha value is -3.15. The first-order valence-electron chi connectivity index (χ1n) is 10.2. The molecule has 30 heavy (non-hydrogen) atoms. The summed E-state index contributed by atoms with van der Waals surface area (Å²) in [6, 6.07) is 11.1. The van der Waals surface area contributed by atoms with Crippen LogP contribution in [0.3, 0.4) is 0 Å². The Labute approximate surface area is 173 Å². The van der Waals surface area contributed by atoms with Gasteiger partial charge in [-0.2, -0.15) is 0 Å². The number of carbonyl (C=O) groups is 1. The number of aromatic nitrogens is 2. The highest BCUT2D eigenvalue weighted by Crippen LogP contribution is 2.46. The first-order valence-corrected chi connectivity index (χ1v) is 10.2. The van der Waals surface area contributed by atoms with Crippen LogP contribution in [-0.2, 0) is 12.0 Å². The minimum atomic E-state index is -0.464. The summed E-state index contributed by atoms with van der Waals surface area (Å²) < 4.78 is 26.8. The molecule has 152 valence electrons. The molecule has 2 aliphatic rings. The second-order valence-corrected chi connectivity index (χ2v) is 8.16. The van der Waals surface area contributed by atoms with Crippen molar-refractivity contribution in [1.82, 2.24) is 15.3 Å². The Morgan fingerprint density at radius 1 is 1.03 bits per heavy atom. The normalized spacial score (nSPS) is 19.1. The maximum Gasteiger partial charge on any atom is 0.252 e. The molecule has 1 atom stereocenters. The van der Waals surface area contributed by atoms with Crippen LogP contribution >= 0.6 is 0 Å². The van der Waals surface area contributed by atoms with Crippen LogP contribution in [0.2, 0.25) is 0 Å². The quantitative estimate of drug-likeness (QED) is 0.688. The summed E-state index contributed by atoms with van der Waals surface area (Å²) in [5.74, 6) is -0.838. The Morgan fingerprint density at radius 2 is 1.83 bits per heavy atom. The molecule has 0 bridgehead atoms. The van der Waals surface area contributed by atoms with E-state index in [-0.39, 0.29) is 23.5 Å². The summed E-state index contributed by atoms with van der Waals surface area (Å²) in [6.45, 7) is 0. The Bertz CT molecular complexity index is 1110. The molecule has 6 heteroatoms. The number of amides is 1. The highest BCUT2D eigenvalue weighted by Gasteiger charge is 2.47. The molecule has 0 radical (unpaired) electrons. The SMILES string of the molecule is O=C(NC1(c2ccc3c(n2)CCC[C@@H]3c2cncc(F)c2)CC1)c1ccc(F)cc1. The number of fused-ring (bicyclic) bond motifs is 1. The number of aryl methyl sites for hydroxylation is 1. The van der Waals surface area contributed by atoms with Gasteiger partial charge in [0.1, 0.15) is 11.6 Å². The summed E-state index contributed by atoms with van der Waals surface area (Å²) >= 11 is 0. The second kappa shape index (κ2) is 7.27. The average Bonchev–Trinajstić information content (AvgIpc) is 3.54. The first-order chi connectivity index (χ1) is 14.5. The third-order valence-corrected chi connectivity index (χ3v) is 6.12. The molecule has 0 spiro atoms. The van der Waals surface area contributed by atoms with E-state index in [0.717, 1.165) is 54.6 Å². The molecule has 3 aromatic rings. The lowest BCUT2D eigenvalue weighted by Gasteiger charge is -2.27. The van der Waals surface area contributed by atoms with Crippen molar-refractivity contribution in [2.75, 3.05) is 0 Å². The smallest absolute Gasteiger partial charge is 0.252 e. The number of carbonyl (C=O) groups excluding carboxylic acids is 1. The van der Waals surface area contributed by atoms with Crippen LogP contribution < -0.4 is 5.32 Å². The fraction of sp³-hybridized carbons (Fsp3) is 0.292. The molecular weight excluding hydrogens is 384 g/mol. The van der Waals surface area contributed by atoms with E-state index in [0.29, 0.717) is 5.56 Å². The fourth-order valence-electron chi connectivity index (χ4n) is 4.35. The largest absolute Gasteiger partial charge is 0.341 e. The summed E-state index contributed by atoms with van der Waals surface area (Å²) in [4.78, 5) is 21.6. The maximum atomic E-state index is 13.7. The van der Waals surface area contributed by atoms with Gasteiger partial charge in [-0.3, -0.25) is 14.8 Å². The lowest BCUT2D eigenvalue weighted by atomic mass is 9.81. The van der Waals surface area contributed by atoms with Crippen LogP contribution in [0.25, 0.3) is 0 Å². The van der Waals surface area contributed by atoms with Gasteiger partial charge in [0.2, 0.25) is 0 Å². The highest BCUT2D eigenvalue weighted by atomic mass is 19.1. The predicted octanol–water partition coefficient (Wildman–Crippen LogP) is 4.64. The zero-order valence-electron chi connectivity index (χ0n) is 16.4. The molecule has 2 aliphatic carbocycles. The third-order valence-electron chi connectivity index (χ3n) is 6.12.